The van der Waals surface area contributed by atoms with E-state index in [0.29, 0.717) is 31.4 Å². The third kappa shape index (κ3) is 4.25. The Kier molecular flexibility index (Phi) is 7.29. The molecule has 5 rings (SSSR count). The number of hydrogen-bond donors (Lipinski definition) is 2. The number of hydrogen-bond acceptors (Lipinski definition) is 6. The average molecular weight is 535 g/mol. The monoisotopic (exact) mass is 534 g/mol. The van der Waals surface area contributed by atoms with Gasteiger partial charge in [-0.25, -0.2) is 0 Å². The topological polar surface area (TPSA) is 105 Å². The van der Waals surface area contributed by atoms with Gasteiger partial charge in [0.1, 0.15) is 17.6 Å². The van der Waals surface area contributed by atoms with Gasteiger partial charge in [-0.1, -0.05) is 55.5 Å². The van der Waals surface area contributed by atoms with Crippen LogP contribution in [0.5, 0.6) is 0 Å². The standard InChI is InChI=1S/C31H38N2O6/c1-5-30-15-16-31(39-30)23(24(30)29(37)38-6-2)28(36)33(22(18-34)17-21-13-8-7-9-14-21)26(31)27(35)32-25-19(3)11-10-12-20(25)4/h7-14,22-24,26,34H,5-6,15-18H2,1-4H3,(H,32,35)/t22-,23+,24-,26?,30+,31?/m1/s1. The lowest BCUT2D eigenvalue weighted by Crippen LogP contribution is -2.57. The predicted molar refractivity (Wildman–Crippen MR) is 146 cm³/mol. The summed E-state index contributed by atoms with van der Waals surface area (Å²) in [4.78, 5) is 43.5. The predicted octanol–water partition coefficient (Wildman–Crippen LogP) is 3.56. The van der Waals surface area contributed by atoms with Crippen molar-refractivity contribution >= 4 is 23.5 Å². The molecule has 208 valence electrons. The number of nitrogens with one attached hydrogen (secondary N) is 1. The van der Waals surface area contributed by atoms with Crippen molar-refractivity contribution in [3.05, 3.63) is 65.2 Å². The number of carbonyl (C=O) groups excluding carboxylic acids is 3. The number of likely N-dealkylation sites (tertiary alicyclic amines) is 1. The Morgan fingerprint density at radius 1 is 1.10 bits per heavy atom. The zero-order valence-corrected chi connectivity index (χ0v) is 23.1. The molecule has 1 spiro atoms. The van der Waals surface area contributed by atoms with Crippen molar-refractivity contribution in [2.75, 3.05) is 18.5 Å². The minimum Gasteiger partial charge on any atom is -0.466 e. The van der Waals surface area contributed by atoms with Gasteiger partial charge in [-0.3, -0.25) is 14.4 Å². The van der Waals surface area contributed by atoms with Gasteiger partial charge in [0, 0.05) is 5.69 Å². The molecule has 8 heteroatoms. The molecule has 2 aromatic rings. The molecule has 0 saturated carbocycles. The Balaban J connectivity index is 1.60. The number of aryl methyl sites for hydroxylation is 2. The van der Waals surface area contributed by atoms with E-state index in [9.17, 15) is 19.5 Å². The van der Waals surface area contributed by atoms with E-state index in [-0.39, 0.29) is 25.0 Å². The Morgan fingerprint density at radius 3 is 2.41 bits per heavy atom. The number of rotatable bonds is 9. The molecule has 3 heterocycles. The molecule has 0 aliphatic carbocycles. The highest BCUT2D eigenvalue weighted by Gasteiger charge is 2.79. The van der Waals surface area contributed by atoms with Crippen molar-refractivity contribution in [2.45, 2.75) is 76.7 Å². The van der Waals surface area contributed by atoms with E-state index >= 15 is 0 Å². The van der Waals surface area contributed by atoms with Crippen LogP contribution in [0.15, 0.2) is 48.5 Å². The lowest BCUT2D eigenvalue weighted by Gasteiger charge is -2.37. The summed E-state index contributed by atoms with van der Waals surface area (Å²) in [6.45, 7) is 7.40. The van der Waals surface area contributed by atoms with E-state index in [1.807, 2.05) is 69.3 Å². The van der Waals surface area contributed by atoms with Crippen LogP contribution in [-0.4, -0.2) is 64.3 Å². The number of benzene rings is 2. The first-order chi connectivity index (χ1) is 18.7. The van der Waals surface area contributed by atoms with Crippen LogP contribution < -0.4 is 5.32 Å². The van der Waals surface area contributed by atoms with E-state index in [2.05, 4.69) is 5.32 Å². The molecule has 39 heavy (non-hydrogen) atoms. The Hall–Kier alpha value is -3.23. The molecule has 8 nitrogen and oxygen atoms in total. The van der Waals surface area contributed by atoms with E-state index in [0.717, 1.165) is 16.7 Å². The molecule has 2 aromatic carbocycles. The molecule has 3 aliphatic heterocycles. The maximum atomic E-state index is 14.4. The fourth-order valence-electron chi connectivity index (χ4n) is 7.28. The minimum absolute atomic E-state index is 0.191. The van der Waals surface area contributed by atoms with Crippen LogP contribution in [0.1, 0.15) is 49.8 Å². The Labute approximate surface area is 229 Å². The van der Waals surface area contributed by atoms with E-state index in [1.54, 1.807) is 6.92 Å². The average Bonchev–Trinajstić information content (AvgIpc) is 3.54. The summed E-state index contributed by atoms with van der Waals surface area (Å²) in [5.74, 6) is -2.83. The van der Waals surface area contributed by atoms with Crippen LogP contribution in [0.2, 0.25) is 0 Å². The number of ether oxygens (including phenoxy) is 2. The highest BCUT2D eigenvalue weighted by Crippen LogP contribution is 2.64. The molecular formula is C31H38N2O6. The zero-order chi connectivity index (χ0) is 27.9. The van der Waals surface area contributed by atoms with Gasteiger partial charge in [-0.15, -0.1) is 0 Å². The Morgan fingerprint density at radius 2 is 1.79 bits per heavy atom. The van der Waals surface area contributed by atoms with Gasteiger partial charge >= 0.3 is 5.97 Å². The zero-order valence-electron chi connectivity index (χ0n) is 23.1. The number of aliphatic hydroxyl groups is 1. The van der Waals surface area contributed by atoms with Crippen molar-refractivity contribution in [3.8, 4) is 0 Å². The van der Waals surface area contributed by atoms with E-state index < -0.39 is 41.1 Å². The second kappa shape index (κ2) is 10.4. The normalized spacial score (nSPS) is 29.8. The molecule has 0 aromatic heterocycles. The number of fused-ring (bicyclic) bond motifs is 1. The number of amides is 2. The third-order valence-corrected chi connectivity index (χ3v) is 9.06. The molecule has 0 radical (unpaired) electrons. The van der Waals surface area contributed by atoms with Gasteiger partial charge in [0.15, 0.2) is 0 Å². The van der Waals surface area contributed by atoms with Gasteiger partial charge in [0.25, 0.3) is 0 Å². The molecule has 3 fully saturated rings. The van der Waals surface area contributed by atoms with Gasteiger partial charge in [0.2, 0.25) is 11.8 Å². The smallest absolute Gasteiger partial charge is 0.312 e. The van der Waals surface area contributed by atoms with Crippen LogP contribution in [-0.2, 0) is 30.3 Å². The first-order valence-corrected chi connectivity index (χ1v) is 13.9. The summed E-state index contributed by atoms with van der Waals surface area (Å²) in [5.41, 5.74) is 1.40. The molecule has 2 amide bonds. The first kappa shape index (κ1) is 27.3. The van der Waals surface area contributed by atoms with E-state index in [4.69, 9.17) is 9.47 Å². The molecule has 2 unspecified atom stereocenters. The number of aliphatic hydroxyl groups excluding tert-OH is 1. The van der Waals surface area contributed by atoms with Crippen LogP contribution in [0, 0.1) is 25.7 Å². The molecular weight excluding hydrogens is 496 g/mol. The van der Waals surface area contributed by atoms with Crippen molar-refractivity contribution in [1.29, 1.82) is 0 Å². The van der Waals surface area contributed by atoms with Crippen LogP contribution in [0.25, 0.3) is 0 Å². The second-order valence-corrected chi connectivity index (χ2v) is 11.1. The van der Waals surface area contributed by atoms with Gasteiger partial charge in [-0.05, 0) is 63.1 Å². The van der Waals surface area contributed by atoms with Crippen LogP contribution >= 0.6 is 0 Å². The maximum Gasteiger partial charge on any atom is 0.312 e. The summed E-state index contributed by atoms with van der Waals surface area (Å²) in [6, 6.07) is 13.7. The highest BCUT2D eigenvalue weighted by atomic mass is 16.6. The lowest BCUT2D eigenvalue weighted by atomic mass is 9.65. The van der Waals surface area contributed by atoms with Gasteiger partial charge < -0.3 is 24.8 Å². The summed E-state index contributed by atoms with van der Waals surface area (Å²) in [7, 11) is 0. The number of nitrogens with zero attached hydrogens (tertiary/aromatic N) is 1. The first-order valence-electron chi connectivity index (χ1n) is 13.9. The second-order valence-electron chi connectivity index (χ2n) is 11.1. The third-order valence-electron chi connectivity index (χ3n) is 9.06. The largest absolute Gasteiger partial charge is 0.466 e. The quantitative estimate of drug-likeness (QED) is 0.477. The fourth-order valence-corrected chi connectivity index (χ4v) is 7.28. The molecule has 3 aliphatic rings. The maximum absolute atomic E-state index is 14.4. The molecule has 2 bridgehead atoms. The fraction of sp³-hybridized carbons (Fsp3) is 0.516. The minimum atomic E-state index is -1.19. The van der Waals surface area contributed by atoms with Gasteiger partial charge in [-0.2, -0.15) is 0 Å². The lowest BCUT2D eigenvalue weighted by molar-refractivity contribution is -0.161. The summed E-state index contributed by atoms with van der Waals surface area (Å²) in [5, 5.41) is 13.7. The van der Waals surface area contributed by atoms with Crippen molar-refractivity contribution in [3.63, 3.8) is 0 Å². The summed E-state index contributed by atoms with van der Waals surface area (Å²) < 4.78 is 12.2. The van der Waals surface area contributed by atoms with Crippen molar-refractivity contribution < 1.29 is 29.0 Å². The van der Waals surface area contributed by atoms with Crippen molar-refractivity contribution in [1.82, 2.24) is 4.90 Å². The number of esters is 1. The van der Waals surface area contributed by atoms with Crippen LogP contribution in [0.3, 0.4) is 0 Å². The number of para-hydroxylation sites is 1. The van der Waals surface area contributed by atoms with Crippen molar-refractivity contribution in [2.24, 2.45) is 11.8 Å². The molecule has 6 atom stereocenters. The SMILES string of the molecule is CCOC(=O)[C@H]1[C@H]2C(=O)N([C@@H](CO)Cc3ccccc3)C(C(=O)Nc3c(C)cccc3C)C23CC[C@]1(CC)O3. The number of carbonyl (C=O) groups is 3. The molecule has 2 N–H and O–H groups in total. The highest BCUT2D eigenvalue weighted by molar-refractivity contribution is 6.04. The summed E-state index contributed by atoms with van der Waals surface area (Å²) >= 11 is 0. The Bertz CT molecular complexity index is 1240. The van der Waals surface area contributed by atoms with E-state index in [1.165, 1.54) is 4.90 Å². The van der Waals surface area contributed by atoms with Crippen LogP contribution in [0.4, 0.5) is 5.69 Å². The number of anilines is 1. The summed E-state index contributed by atoms with van der Waals surface area (Å²) in [6.07, 6.45) is 1.92. The van der Waals surface area contributed by atoms with Gasteiger partial charge in [0.05, 0.1) is 30.8 Å². The molecule has 3 saturated heterocycles.